The van der Waals surface area contributed by atoms with E-state index in [9.17, 15) is 14.0 Å². The number of hydrogen-bond acceptors (Lipinski definition) is 5. The molecule has 2 aliphatic rings. The molecule has 10 heteroatoms. The van der Waals surface area contributed by atoms with Gasteiger partial charge in [0.1, 0.15) is 11.4 Å². The number of nitrogens with one attached hydrogen (secondary N) is 1. The van der Waals surface area contributed by atoms with Crippen LogP contribution in [-0.2, 0) is 9.47 Å². The highest BCUT2D eigenvalue weighted by Gasteiger charge is 2.29. The van der Waals surface area contributed by atoms with E-state index >= 15 is 0 Å². The maximum atomic E-state index is 14.5. The van der Waals surface area contributed by atoms with Crippen LogP contribution < -0.4 is 5.32 Å². The van der Waals surface area contributed by atoms with Crippen LogP contribution in [0.3, 0.4) is 0 Å². The van der Waals surface area contributed by atoms with Crippen molar-refractivity contribution in [2.45, 2.75) is 57.6 Å². The van der Waals surface area contributed by atoms with Gasteiger partial charge in [0.15, 0.2) is 0 Å². The minimum atomic E-state index is -0.608. The molecular weight excluding hydrogens is 555 g/mol. The third-order valence-electron chi connectivity index (χ3n) is 7.02. The van der Waals surface area contributed by atoms with E-state index in [2.05, 4.69) is 33.4 Å². The molecule has 0 spiro atoms. The van der Waals surface area contributed by atoms with E-state index in [0.29, 0.717) is 36.7 Å². The second-order valence-electron chi connectivity index (χ2n) is 10.9. The van der Waals surface area contributed by atoms with Crippen LogP contribution in [0.5, 0.6) is 0 Å². The second kappa shape index (κ2) is 10.6. The first-order chi connectivity index (χ1) is 18.1. The maximum Gasteiger partial charge on any atom is 0.410 e. The summed E-state index contributed by atoms with van der Waals surface area (Å²) in [6.07, 6.45) is 2.18. The van der Waals surface area contributed by atoms with Gasteiger partial charge in [0, 0.05) is 24.2 Å². The zero-order valence-electron chi connectivity index (χ0n) is 21.8. The molecule has 2 fully saturated rings. The van der Waals surface area contributed by atoms with E-state index < -0.39 is 17.3 Å². The fraction of sp³-hybridized carbons (Fsp3) is 0.464. The van der Waals surface area contributed by atoms with Gasteiger partial charge < -0.3 is 18.9 Å². The highest BCUT2D eigenvalue weighted by molar-refractivity contribution is 9.10. The first-order valence-electron chi connectivity index (χ1n) is 12.9. The molecule has 1 N–H and O–H groups in total. The van der Waals surface area contributed by atoms with Gasteiger partial charge in [-0.05, 0) is 91.7 Å². The molecule has 2 amide bonds. The van der Waals surface area contributed by atoms with Gasteiger partial charge in [-0.15, -0.1) is 0 Å². The molecule has 202 valence electrons. The van der Waals surface area contributed by atoms with Gasteiger partial charge in [-0.2, -0.15) is 0 Å². The van der Waals surface area contributed by atoms with Crippen LogP contribution in [0.25, 0.3) is 11.0 Å². The summed E-state index contributed by atoms with van der Waals surface area (Å²) >= 11 is 3.28. The van der Waals surface area contributed by atoms with Crippen molar-refractivity contribution in [2.75, 3.05) is 31.6 Å². The Morgan fingerprint density at radius 2 is 1.92 bits per heavy atom. The standard InChI is InChI=1S/C28H32BrFN4O4/c1-28(2,3)38-27(36)33-12-9-17(10-13-33)18-7-8-22-23(15-18)34(19-11-14-37-16-19)26(31-22)32-25(35)24-20(29)5-4-6-21(24)30/h4-8,15,17,19H,9-14,16H2,1-3H3,(H,31,32,35)/t19-/m0/s1. The average molecular weight is 587 g/mol. The number of rotatable bonds is 4. The van der Waals surface area contributed by atoms with Crippen LogP contribution in [0.4, 0.5) is 15.1 Å². The molecule has 0 aliphatic carbocycles. The van der Waals surface area contributed by atoms with Crippen molar-refractivity contribution in [1.82, 2.24) is 14.5 Å². The smallest absolute Gasteiger partial charge is 0.410 e. The molecule has 0 unspecified atom stereocenters. The van der Waals surface area contributed by atoms with Crippen LogP contribution >= 0.6 is 15.9 Å². The van der Waals surface area contributed by atoms with Gasteiger partial charge in [0.25, 0.3) is 5.91 Å². The molecule has 0 saturated carbocycles. The lowest BCUT2D eigenvalue weighted by Gasteiger charge is -2.33. The fourth-order valence-corrected chi connectivity index (χ4v) is 5.67. The second-order valence-corrected chi connectivity index (χ2v) is 11.7. The van der Waals surface area contributed by atoms with Crippen LogP contribution in [0.1, 0.15) is 67.9 Å². The highest BCUT2D eigenvalue weighted by atomic mass is 79.9. The minimum absolute atomic E-state index is 0.00336. The largest absolute Gasteiger partial charge is 0.444 e. The fourth-order valence-electron chi connectivity index (χ4n) is 5.15. The van der Waals surface area contributed by atoms with Crippen LogP contribution in [0.2, 0.25) is 0 Å². The maximum absolute atomic E-state index is 14.5. The number of likely N-dealkylation sites (tertiary alicyclic amines) is 1. The summed E-state index contributed by atoms with van der Waals surface area (Å²) in [5, 5.41) is 2.84. The van der Waals surface area contributed by atoms with E-state index in [1.54, 1.807) is 17.0 Å². The molecule has 38 heavy (non-hydrogen) atoms. The molecule has 2 aliphatic heterocycles. The van der Waals surface area contributed by atoms with Gasteiger partial charge in [0.2, 0.25) is 5.95 Å². The van der Waals surface area contributed by atoms with Gasteiger partial charge in [0.05, 0.1) is 29.2 Å². The lowest BCUT2D eigenvalue weighted by atomic mass is 9.89. The number of ether oxygens (including phenoxy) is 2. The molecule has 5 rings (SSSR count). The average Bonchev–Trinajstić information content (AvgIpc) is 3.50. The Morgan fingerprint density at radius 1 is 1.16 bits per heavy atom. The van der Waals surface area contributed by atoms with Gasteiger partial charge in [-0.3, -0.25) is 10.1 Å². The Labute approximate surface area is 229 Å². The normalized spacial score (nSPS) is 18.7. The number of piperidine rings is 1. The molecule has 2 aromatic carbocycles. The number of halogens is 2. The monoisotopic (exact) mass is 586 g/mol. The minimum Gasteiger partial charge on any atom is -0.444 e. The third-order valence-corrected chi connectivity index (χ3v) is 7.68. The summed E-state index contributed by atoms with van der Waals surface area (Å²) < 4.78 is 28.0. The lowest BCUT2D eigenvalue weighted by Crippen LogP contribution is -2.41. The van der Waals surface area contributed by atoms with Crippen molar-refractivity contribution >= 4 is 44.9 Å². The zero-order valence-corrected chi connectivity index (χ0v) is 23.4. The Kier molecular flexibility index (Phi) is 7.46. The van der Waals surface area contributed by atoms with Crippen LogP contribution in [-0.4, -0.2) is 58.4 Å². The predicted molar refractivity (Wildman–Crippen MR) is 146 cm³/mol. The first-order valence-corrected chi connectivity index (χ1v) is 13.7. The molecule has 1 atom stereocenters. The number of carbonyl (C=O) groups is 2. The summed E-state index contributed by atoms with van der Waals surface area (Å²) in [6.45, 7) is 8.01. The number of anilines is 1. The summed E-state index contributed by atoms with van der Waals surface area (Å²) in [6, 6.07) is 10.6. The van der Waals surface area contributed by atoms with E-state index in [1.165, 1.54) is 6.07 Å². The molecule has 3 heterocycles. The summed E-state index contributed by atoms with van der Waals surface area (Å²) in [7, 11) is 0. The summed E-state index contributed by atoms with van der Waals surface area (Å²) in [4.78, 5) is 32.0. The molecule has 3 aromatic rings. The number of aromatic nitrogens is 2. The van der Waals surface area contributed by atoms with Crippen molar-refractivity contribution < 1.29 is 23.5 Å². The molecular formula is C28H32BrFN4O4. The summed E-state index contributed by atoms with van der Waals surface area (Å²) in [5.74, 6) is -0.523. The van der Waals surface area contributed by atoms with Crippen molar-refractivity contribution in [2.24, 2.45) is 0 Å². The Balaban J connectivity index is 1.41. The van der Waals surface area contributed by atoms with Gasteiger partial charge in [-0.1, -0.05) is 12.1 Å². The number of carbonyl (C=O) groups excluding carboxylic acids is 2. The molecule has 8 nitrogen and oxygen atoms in total. The number of nitrogens with zero attached hydrogens (tertiary/aromatic N) is 3. The molecule has 1 aromatic heterocycles. The van der Waals surface area contributed by atoms with Crippen molar-refractivity contribution in [1.29, 1.82) is 0 Å². The molecule has 0 radical (unpaired) electrons. The number of fused-ring (bicyclic) bond motifs is 1. The van der Waals surface area contributed by atoms with Gasteiger partial charge in [-0.25, -0.2) is 14.2 Å². The Bertz CT molecular complexity index is 1330. The van der Waals surface area contributed by atoms with Gasteiger partial charge >= 0.3 is 6.09 Å². The van der Waals surface area contributed by atoms with Crippen molar-refractivity contribution in [3.05, 3.63) is 57.8 Å². The summed E-state index contributed by atoms with van der Waals surface area (Å²) in [5.41, 5.74) is 2.23. The SMILES string of the molecule is CC(C)(C)OC(=O)N1CCC(c2ccc3nc(NC(=O)c4c(F)cccc4Br)n([C@H]4CCOC4)c3c2)CC1. The van der Waals surface area contributed by atoms with E-state index in [1.807, 2.05) is 31.4 Å². The van der Waals surface area contributed by atoms with E-state index in [0.717, 1.165) is 35.9 Å². The van der Waals surface area contributed by atoms with Crippen molar-refractivity contribution in [3.63, 3.8) is 0 Å². The first kappa shape index (κ1) is 26.6. The third kappa shape index (κ3) is 5.56. The Morgan fingerprint density at radius 3 is 2.58 bits per heavy atom. The van der Waals surface area contributed by atoms with Crippen molar-refractivity contribution in [3.8, 4) is 0 Å². The number of imidazole rings is 1. The zero-order chi connectivity index (χ0) is 27.0. The van der Waals surface area contributed by atoms with E-state index in [4.69, 9.17) is 14.5 Å². The number of amides is 2. The molecule has 2 saturated heterocycles. The topological polar surface area (TPSA) is 85.7 Å². The highest BCUT2D eigenvalue weighted by Crippen LogP contribution is 2.35. The number of hydrogen-bond donors (Lipinski definition) is 1. The van der Waals surface area contributed by atoms with Crippen LogP contribution in [0, 0.1) is 5.82 Å². The Hall–Kier alpha value is -2.98. The van der Waals surface area contributed by atoms with E-state index in [-0.39, 0.29) is 23.6 Å². The lowest BCUT2D eigenvalue weighted by molar-refractivity contribution is 0.0204. The molecule has 0 bridgehead atoms. The predicted octanol–water partition coefficient (Wildman–Crippen LogP) is 6.27. The quantitative estimate of drug-likeness (QED) is 0.389. The van der Waals surface area contributed by atoms with Crippen LogP contribution in [0.15, 0.2) is 40.9 Å². The number of benzene rings is 2.